The summed E-state index contributed by atoms with van der Waals surface area (Å²) in [5, 5.41) is 3.21. The van der Waals surface area contributed by atoms with Gasteiger partial charge in [-0.15, -0.1) is 0 Å². The molecule has 3 rings (SSSR count). The van der Waals surface area contributed by atoms with Crippen LogP contribution in [-0.2, 0) is 6.42 Å². The number of fused-ring (bicyclic) bond motifs is 1. The molecule has 106 valence electrons. The van der Waals surface area contributed by atoms with E-state index in [2.05, 4.69) is 47.9 Å². The lowest BCUT2D eigenvalue weighted by atomic mass is 9.94. The second-order valence-corrected chi connectivity index (χ2v) is 5.55. The maximum Gasteiger partial charge on any atom is 0.0506 e. The Labute approximate surface area is 129 Å². The summed E-state index contributed by atoms with van der Waals surface area (Å²) in [5.74, 6) is 5.80. The molecule has 1 unspecified atom stereocenters. The van der Waals surface area contributed by atoms with Gasteiger partial charge in [-0.05, 0) is 40.5 Å². The van der Waals surface area contributed by atoms with Gasteiger partial charge in [0, 0.05) is 5.02 Å². The number of hydrogen-bond donors (Lipinski definition) is 2. The molecule has 0 heterocycles. The monoisotopic (exact) mass is 296 g/mol. The lowest BCUT2D eigenvalue weighted by Gasteiger charge is -2.18. The van der Waals surface area contributed by atoms with Crippen molar-refractivity contribution in [3.05, 3.63) is 82.9 Å². The molecule has 3 N–H and O–H groups in total. The Morgan fingerprint density at radius 2 is 1.62 bits per heavy atom. The fraction of sp³-hybridized carbons (Fsp3) is 0.111. The van der Waals surface area contributed by atoms with Crippen LogP contribution in [0.25, 0.3) is 10.8 Å². The van der Waals surface area contributed by atoms with Gasteiger partial charge >= 0.3 is 0 Å². The molecule has 3 heteroatoms. The highest BCUT2D eigenvalue weighted by Crippen LogP contribution is 2.26. The lowest BCUT2D eigenvalue weighted by Crippen LogP contribution is -2.29. The van der Waals surface area contributed by atoms with Crippen molar-refractivity contribution in [2.24, 2.45) is 5.84 Å². The molecule has 0 saturated heterocycles. The van der Waals surface area contributed by atoms with Crippen LogP contribution >= 0.6 is 11.6 Å². The van der Waals surface area contributed by atoms with E-state index in [0.29, 0.717) is 0 Å². The summed E-state index contributed by atoms with van der Waals surface area (Å²) >= 11 is 5.94. The molecule has 0 spiro atoms. The van der Waals surface area contributed by atoms with Gasteiger partial charge in [0.25, 0.3) is 0 Å². The lowest BCUT2D eigenvalue weighted by molar-refractivity contribution is 0.555. The smallest absolute Gasteiger partial charge is 0.0506 e. The third-order valence-corrected chi connectivity index (χ3v) is 4.01. The van der Waals surface area contributed by atoms with Gasteiger partial charge in [-0.3, -0.25) is 11.3 Å². The van der Waals surface area contributed by atoms with Crippen LogP contribution in [0.4, 0.5) is 0 Å². The van der Waals surface area contributed by atoms with Crippen LogP contribution in [0.5, 0.6) is 0 Å². The molecule has 0 radical (unpaired) electrons. The normalized spacial score (nSPS) is 12.5. The number of benzene rings is 3. The van der Waals surface area contributed by atoms with Crippen LogP contribution in [0.3, 0.4) is 0 Å². The molecule has 1 atom stereocenters. The highest BCUT2D eigenvalue weighted by atomic mass is 35.5. The molecule has 3 aromatic rings. The molecule has 0 bridgehead atoms. The zero-order valence-corrected chi connectivity index (χ0v) is 12.3. The number of rotatable bonds is 4. The summed E-state index contributed by atoms with van der Waals surface area (Å²) in [7, 11) is 0. The van der Waals surface area contributed by atoms with Crippen molar-refractivity contribution in [1.82, 2.24) is 5.43 Å². The Hall–Kier alpha value is -1.87. The van der Waals surface area contributed by atoms with E-state index in [4.69, 9.17) is 17.4 Å². The Kier molecular flexibility index (Phi) is 4.20. The zero-order valence-electron chi connectivity index (χ0n) is 11.6. The number of hydrogen-bond acceptors (Lipinski definition) is 2. The van der Waals surface area contributed by atoms with Gasteiger partial charge in [-0.2, -0.15) is 0 Å². The number of hydrazine groups is 1. The van der Waals surface area contributed by atoms with Gasteiger partial charge in [0.1, 0.15) is 0 Å². The van der Waals surface area contributed by atoms with E-state index in [9.17, 15) is 0 Å². The number of nitrogens with two attached hydrogens (primary N) is 1. The van der Waals surface area contributed by atoms with Crippen molar-refractivity contribution in [1.29, 1.82) is 0 Å². The van der Waals surface area contributed by atoms with E-state index in [0.717, 1.165) is 11.4 Å². The SMILES string of the molecule is NNC(Cc1ccc(Cl)cc1)c1cccc2ccccc12. The van der Waals surface area contributed by atoms with Crippen molar-refractivity contribution in [3.63, 3.8) is 0 Å². The van der Waals surface area contributed by atoms with E-state index in [-0.39, 0.29) is 6.04 Å². The van der Waals surface area contributed by atoms with Crippen LogP contribution < -0.4 is 11.3 Å². The molecular formula is C18H17ClN2. The fourth-order valence-corrected chi connectivity index (χ4v) is 2.80. The average molecular weight is 297 g/mol. The van der Waals surface area contributed by atoms with Crippen LogP contribution in [0.2, 0.25) is 5.02 Å². The van der Waals surface area contributed by atoms with Crippen molar-refractivity contribution in [2.75, 3.05) is 0 Å². The Bertz CT molecular complexity index is 732. The molecule has 0 fully saturated rings. The van der Waals surface area contributed by atoms with E-state index in [1.54, 1.807) is 0 Å². The Morgan fingerprint density at radius 3 is 2.38 bits per heavy atom. The van der Waals surface area contributed by atoms with Crippen LogP contribution in [0, 0.1) is 0 Å². The van der Waals surface area contributed by atoms with Gasteiger partial charge in [0.15, 0.2) is 0 Å². The maximum atomic E-state index is 5.94. The molecule has 0 aliphatic heterocycles. The van der Waals surface area contributed by atoms with Crippen molar-refractivity contribution >= 4 is 22.4 Å². The first-order chi connectivity index (χ1) is 10.3. The Morgan fingerprint density at radius 1 is 0.905 bits per heavy atom. The van der Waals surface area contributed by atoms with Crippen molar-refractivity contribution in [2.45, 2.75) is 12.5 Å². The Balaban J connectivity index is 1.96. The summed E-state index contributed by atoms with van der Waals surface area (Å²) < 4.78 is 0. The van der Waals surface area contributed by atoms with Crippen molar-refractivity contribution < 1.29 is 0 Å². The topological polar surface area (TPSA) is 38.0 Å². The predicted molar refractivity (Wildman–Crippen MR) is 89.2 cm³/mol. The summed E-state index contributed by atoms with van der Waals surface area (Å²) in [6.07, 6.45) is 0.821. The largest absolute Gasteiger partial charge is 0.271 e. The minimum absolute atomic E-state index is 0.0669. The second-order valence-electron chi connectivity index (χ2n) is 5.12. The number of nitrogens with one attached hydrogen (secondary N) is 1. The standard InChI is InChI=1S/C18H17ClN2/c19-15-10-8-13(9-11-15)12-18(21-20)17-7-3-5-14-4-1-2-6-16(14)17/h1-11,18,21H,12,20H2. The molecule has 0 saturated carbocycles. The van der Waals surface area contributed by atoms with E-state index in [1.165, 1.54) is 21.9 Å². The zero-order chi connectivity index (χ0) is 14.7. The fourth-order valence-electron chi connectivity index (χ4n) is 2.67. The molecule has 0 aliphatic carbocycles. The van der Waals surface area contributed by atoms with Crippen LogP contribution in [-0.4, -0.2) is 0 Å². The first-order valence-corrected chi connectivity index (χ1v) is 7.34. The third-order valence-electron chi connectivity index (χ3n) is 3.75. The van der Waals surface area contributed by atoms with E-state index >= 15 is 0 Å². The minimum atomic E-state index is 0.0669. The van der Waals surface area contributed by atoms with Gasteiger partial charge in [0.05, 0.1) is 6.04 Å². The quantitative estimate of drug-likeness (QED) is 0.558. The predicted octanol–water partition coefficient (Wildman–Crippen LogP) is 4.24. The van der Waals surface area contributed by atoms with Crippen LogP contribution in [0.1, 0.15) is 17.2 Å². The van der Waals surface area contributed by atoms with Crippen LogP contribution in [0.15, 0.2) is 66.7 Å². The molecule has 21 heavy (non-hydrogen) atoms. The molecular weight excluding hydrogens is 280 g/mol. The average Bonchev–Trinajstić information content (AvgIpc) is 2.54. The van der Waals surface area contributed by atoms with E-state index in [1.807, 2.05) is 24.3 Å². The highest BCUT2D eigenvalue weighted by Gasteiger charge is 2.13. The van der Waals surface area contributed by atoms with E-state index < -0.39 is 0 Å². The second kappa shape index (κ2) is 6.27. The first kappa shape index (κ1) is 14.1. The van der Waals surface area contributed by atoms with Gasteiger partial charge in [-0.1, -0.05) is 66.2 Å². The molecule has 0 amide bonds. The molecule has 0 aliphatic rings. The molecule has 2 nitrogen and oxygen atoms in total. The third kappa shape index (κ3) is 3.08. The summed E-state index contributed by atoms with van der Waals surface area (Å²) in [5.41, 5.74) is 5.36. The number of halogens is 1. The maximum absolute atomic E-state index is 5.94. The minimum Gasteiger partial charge on any atom is -0.271 e. The summed E-state index contributed by atoms with van der Waals surface area (Å²) in [4.78, 5) is 0. The highest BCUT2D eigenvalue weighted by molar-refractivity contribution is 6.30. The van der Waals surface area contributed by atoms with Gasteiger partial charge in [-0.25, -0.2) is 0 Å². The van der Waals surface area contributed by atoms with Gasteiger partial charge in [0.2, 0.25) is 0 Å². The van der Waals surface area contributed by atoms with Gasteiger partial charge < -0.3 is 0 Å². The first-order valence-electron chi connectivity index (χ1n) is 6.96. The summed E-state index contributed by atoms with van der Waals surface area (Å²) in [6.45, 7) is 0. The summed E-state index contributed by atoms with van der Waals surface area (Å²) in [6, 6.07) is 22.7. The molecule has 0 aromatic heterocycles. The molecule has 3 aromatic carbocycles. The van der Waals surface area contributed by atoms with Crippen molar-refractivity contribution in [3.8, 4) is 0 Å².